The Bertz CT molecular complexity index is 605. The normalized spacial score (nSPS) is 20.7. The first kappa shape index (κ1) is 15.2. The number of halogens is 1. The molecule has 0 amide bonds. The molecule has 0 spiro atoms. The SMILES string of the molecule is OC(c1ccccc1F)[C@@H]1CN(Cc2ccccc2)CCO1. The Balaban J connectivity index is 1.66. The number of aliphatic hydroxyl groups is 1. The number of nitrogens with zero attached hydrogens (tertiary/aromatic N) is 1. The first-order valence-corrected chi connectivity index (χ1v) is 7.54. The molecule has 4 heteroatoms. The van der Waals surface area contributed by atoms with E-state index in [1.165, 1.54) is 11.6 Å². The highest BCUT2D eigenvalue weighted by Gasteiger charge is 2.29. The van der Waals surface area contributed by atoms with Gasteiger partial charge in [0.05, 0.1) is 6.61 Å². The van der Waals surface area contributed by atoms with Crippen molar-refractivity contribution in [2.45, 2.75) is 18.8 Å². The zero-order chi connectivity index (χ0) is 15.4. The molecule has 0 bridgehead atoms. The molecule has 1 aliphatic rings. The fourth-order valence-electron chi connectivity index (χ4n) is 2.82. The van der Waals surface area contributed by atoms with Crippen molar-refractivity contribution >= 4 is 0 Å². The van der Waals surface area contributed by atoms with Crippen LogP contribution in [0.15, 0.2) is 54.6 Å². The Morgan fingerprint density at radius 1 is 1.14 bits per heavy atom. The van der Waals surface area contributed by atoms with Gasteiger partial charge in [-0.15, -0.1) is 0 Å². The van der Waals surface area contributed by atoms with Crippen molar-refractivity contribution in [3.8, 4) is 0 Å². The second-order valence-electron chi connectivity index (χ2n) is 5.60. The molecule has 22 heavy (non-hydrogen) atoms. The maximum atomic E-state index is 13.8. The van der Waals surface area contributed by atoms with Gasteiger partial charge < -0.3 is 9.84 Å². The van der Waals surface area contributed by atoms with E-state index in [0.717, 1.165) is 13.1 Å². The first-order valence-electron chi connectivity index (χ1n) is 7.54. The van der Waals surface area contributed by atoms with Crippen molar-refractivity contribution in [2.24, 2.45) is 0 Å². The Labute approximate surface area is 130 Å². The second-order valence-corrected chi connectivity index (χ2v) is 5.60. The van der Waals surface area contributed by atoms with E-state index in [4.69, 9.17) is 4.74 Å². The summed E-state index contributed by atoms with van der Waals surface area (Å²) in [5.74, 6) is -0.390. The van der Waals surface area contributed by atoms with Crippen LogP contribution >= 0.6 is 0 Å². The summed E-state index contributed by atoms with van der Waals surface area (Å²) < 4.78 is 19.5. The Morgan fingerprint density at radius 3 is 2.64 bits per heavy atom. The number of morpholine rings is 1. The summed E-state index contributed by atoms with van der Waals surface area (Å²) in [6, 6.07) is 16.5. The molecule has 2 atom stereocenters. The fourth-order valence-corrected chi connectivity index (χ4v) is 2.82. The van der Waals surface area contributed by atoms with Crippen molar-refractivity contribution in [1.29, 1.82) is 0 Å². The van der Waals surface area contributed by atoms with Crippen LogP contribution in [0.2, 0.25) is 0 Å². The number of benzene rings is 2. The maximum Gasteiger partial charge on any atom is 0.129 e. The monoisotopic (exact) mass is 301 g/mol. The highest BCUT2D eigenvalue weighted by molar-refractivity contribution is 5.21. The third kappa shape index (κ3) is 3.53. The van der Waals surface area contributed by atoms with E-state index in [2.05, 4.69) is 17.0 Å². The summed E-state index contributed by atoms with van der Waals surface area (Å²) in [6.45, 7) is 2.76. The molecule has 0 aliphatic carbocycles. The fraction of sp³-hybridized carbons (Fsp3) is 0.333. The smallest absolute Gasteiger partial charge is 0.129 e. The number of rotatable bonds is 4. The molecule has 0 radical (unpaired) electrons. The zero-order valence-electron chi connectivity index (χ0n) is 12.4. The van der Waals surface area contributed by atoms with Crippen molar-refractivity contribution in [3.05, 3.63) is 71.5 Å². The molecule has 3 nitrogen and oxygen atoms in total. The van der Waals surface area contributed by atoms with Gasteiger partial charge in [0.2, 0.25) is 0 Å². The Morgan fingerprint density at radius 2 is 1.86 bits per heavy atom. The minimum Gasteiger partial charge on any atom is -0.386 e. The van der Waals surface area contributed by atoms with Gasteiger partial charge in [-0.2, -0.15) is 0 Å². The minimum absolute atomic E-state index is 0.300. The van der Waals surface area contributed by atoms with Crippen molar-refractivity contribution in [2.75, 3.05) is 19.7 Å². The van der Waals surface area contributed by atoms with Crippen LogP contribution in [0, 0.1) is 5.82 Å². The quantitative estimate of drug-likeness (QED) is 0.942. The predicted octanol–water partition coefficient (Wildman–Crippen LogP) is 2.76. The van der Waals surface area contributed by atoms with Gasteiger partial charge in [0, 0.05) is 25.2 Å². The lowest BCUT2D eigenvalue weighted by atomic mass is 10.0. The summed E-state index contributed by atoms with van der Waals surface area (Å²) in [4.78, 5) is 2.23. The van der Waals surface area contributed by atoms with Gasteiger partial charge in [0.25, 0.3) is 0 Å². The van der Waals surface area contributed by atoms with Gasteiger partial charge in [-0.25, -0.2) is 4.39 Å². The summed E-state index contributed by atoms with van der Waals surface area (Å²) >= 11 is 0. The Kier molecular flexibility index (Phi) is 4.83. The molecule has 116 valence electrons. The Hall–Kier alpha value is -1.75. The first-order chi connectivity index (χ1) is 10.7. The molecular weight excluding hydrogens is 281 g/mol. The van der Waals surface area contributed by atoms with Gasteiger partial charge in [-0.3, -0.25) is 4.90 Å². The third-order valence-corrected chi connectivity index (χ3v) is 4.00. The van der Waals surface area contributed by atoms with Crippen molar-refractivity contribution < 1.29 is 14.2 Å². The van der Waals surface area contributed by atoms with Crippen LogP contribution in [0.25, 0.3) is 0 Å². The van der Waals surface area contributed by atoms with Gasteiger partial charge in [0.1, 0.15) is 18.0 Å². The van der Waals surface area contributed by atoms with Gasteiger partial charge in [0.15, 0.2) is 0 Å². The topological polar surface area (TPSA) is 32.7 Å². The minimum atomic E-state index is -0.945. The van der Waals surface area contributed by atoms with E-state index < -0.39 is 18.0 Å². The van der Waals surface area contributed by atoms with E-state index in [9.17, 15) is 9.50 Å². The van der Waals surface area contributed by atoms with Crippen LogP contribution in [0.4, 0.5) is 4.39 Å². The van der Waals surface area contributed by atoms with Crippen LogP contribution < -0.4 is 0 Å². The molecule has 1 N–H and O–H groups in total. The number of aliphatic hydroxyl groups excluding tert-OH is 1. The second kappa shape index (κ2) is 7.01. The lowest BCUT2D eigenvalue weighted by Gasteiger charge is -2.35. The maximum absolute atomic E-state index is 13.8. The molecule has 1 saturated heterocycles. The lowest BCUT2D eigenvalue weighted by molar-refractivity contribution is -0.0927. The molecular formula is C18H20FNO2. The molecule has 1 fully saturated rings. The van der Waals surface area contributed by atoms with Gasteiger partial charge in [-0.1, -0.05) is 48.5 Å². The van der Waals surface area contributed by atoms with E-state index in [0.29, 0.717) is 18.7 Å². The number of hydrogen-bond donors (Lipinski definition) is 1. The van der Waals surface area contributed by atoms with Crippen molar-refractivity contribution in [3.63, 3.8) is 0 Å². The van der Waals surface area contributed by atoms with Crippen LogP contribution in [0.5, 0.6) is 0 Å². The molecule has 1 aliphatic heterocycles. The van der Waals surface area contributed by atoms with Gasteiger partial charge in [-0.05, 0) is 11.6 Å². The number of ether oxygens (including phenoxy) is 1. The lowest BCUT2D eigenvalue weighted by Crippen LogP contribution is -2.44. The largest absolute Gasteiger partial charge is 0.386 e. The molecule has 0 saturated carbocycles. The van der Waals surface area contributed by atoms with Crippen LogP contribution in [-0.4, -0.2) is 35.8 Å². The van der Waals surface area contributed by atoms with Crippen LogP contribution in [0.3, 0.4) is 0 Å². The number of hydrogen-bond acceptors (Lipinski definition) is 3. The summed E-state index contributed by atoms with van der Waals surface area (Å²) in [5.41, 5.74) is 1.53. The third-order valence-electron chi connectivity index (χ3n) is 4.00. The highest BCUT2D eigenvalue weighted by Crippen LogP contribution is 2.25. The average Bonchev–Trinajstić information content (AvgIpc) is 2.56. The molecule has 3 rings (SSSR count). The molecule has 1 heterocycles. The standard InChI is InChI=1S/C18H20FNO2/c19-16-9-5-4-8-15(16)18(21)17-13-20(10-11-22-17)12-14-6-2-1-3-7-14/h1-9,17-18,21H,10-13H2/t17-,18?/m0/s1. The summed E-state index contributed by atoms with van der Waals surface area (Å²) in [7, 11) is 0. The van der Waals surface area contributed by atoms with E-state index in [1.807, 2.05) is 18.2 Å². The molecule has 0 aromatic heterocycles. The predicted molar refractivity (Wildman–Crippen MR) is 82.8 cm³/mol. The highest BCUT2D eigenvalue weighted by atomic mass is 19.1. The van der Waals surface area contributed by atoms with Crippen LogP contribution in [0.1, 0.15) is 17.2 Å². The van der Waals surface area contributed by atoms with E-state index in [1.54, 1.807) is 18.2 Å². The van der Waals surface area contributed by atoms with E-state index in [-0.39, 0.29) is 0 Å². The zero-order valence-corrected chi connectivity index (χ0v) is 12.4. The molecule has 2 aromatic carbocycles. The van der Waals surface area contributed by atoms with E-state index >= 15 is 0 Å². The summed E-state index contributed by atoms with van der Waals surface area (Å²) in [6.07, 6.45) is -1.35. The molecule has 2 aromatic rings. The summed E-state index contributed by atoms with van der Waals surface area (Å²) in [5, 5.41) is 10.4. The van der Waals surface area contributed by atoms with Gasteiger partial charge >= 0.3 is 0 Å². The average molecular weight is 301 g/mol. The molecule has 1 unspecified atom stereocenters. The van der Waals surface area contributed by atoms with Crippen molar-refractivity contribution in [1.82, 2.24) is 4.90 Å². The van der Waals surface area contributed by atoms with Crippen LogP contribution in [-0.2, 0) is 11.3 Å².